The van der Waals surface area contributed by atoms with Gasteiger partial charge in [0, 0.05) is 5.56 Å². The molecular weight excluding hydrogens is 328 g/mol. The first-order valence-electron chi connectivity index (χ1n) is 5.77. The minimum absolute atomic E-state index is 0.279. The van der Waals surface area contributed by atoms with Gasteiger partial charge >= 0.3 is 0 Å². The summed E-state index contributed by atoms with van der Waals surface area (Å²) in [6, 6.07) is 13.6. The fourth-order valence-electron chi connectivity index (χ4n) is 1.88. The van der Waals surface area contributed by atoms with Crippen molar-refractivity contribution in [3.05, 3.63) is 58.1 Å². The topological polar surface area (TPSA) is 18.5 Å². The van der Waals surface area contributed by atoms with Crippen molar-refractivity contribution >= 4 is 27.5 Å². The van der Waals surface area contributed by atoms with Gasteiger partial charge in [-0.05, 0) is 33.6 Å². The summed E-state index contributed by atoms with van der Waals surface area (Å²) < 4.78 is 11.5. The lowest BCUT2D eigenvalue weighted by atomic mass is 10.0. The molecule has 4 heteroatoms. The molecule has 0 fully saturated rings. The van der Waals surface area contributed by atoms with Crippen LogP contribution in [0.15, 0.2) is 46.9 Å². The average molecular weight is 342 g/mol. The molecule has 100 valence electrons. The van der Waals surface area contributed by atoms with Gasteiger partial charge in [-0.3, -0.25) is 0 Å². The molecule has 2 aromatic rings. The Morgan fingerprint density at radius 1 is 1.00 bits per heavy atom. The second kappa shape index (κ2) is 6.31. The van der Waals surface area contributed by atoms with E-state index in [1.165, 1.54) is 0 Å². The smallest absolute Gasteiger partial charge is 0.133 e. The summed E-state index contributed by atoms with van der Waals surface area (Å²) >= 11 is 9.99. The van der Waals surface area contributed by atoms with Gasteiger partial charge in [0.2, 0.25) is 0 Å². The Hall–Kier alpha value is -1.19. The van der Waals surface area contributed by atoms with Crippen molar-refractivity contribution < 1.29 is 9.47 Å². The fraction of sp³-hybridized carbons (Fsp3) is 0.200. The normalized spacial score (nSPS) is 12.0. The molecule has 0 aliphatic heterocycles. The third kappa shape index (κ3) is 3.04. The van der Waals surface area contributed by atoms with Crippen molar-refractivity contribution in [3.63, 3.8) is 0 Å². The quantitative estimate of drug-likeness (QED) is 0.744. The van der Waals surface area contributed by atoms with E-state index < -0.39 is 0 Å². The zero-order valence-electron chi connectivity index (χ0n) is 10.7. The standard InChI is InChI=1S/C15H14BrClO2/c1-18-13-9-12(16)14(19-2)8-11(13)15(17)10-6-4-3-5-7-10/h3-9,15H,1-2H3. The molecule has 2 nitrogen and oxygen atoms in total. The van der Waals surface area contributed by atoms with E-state index in [1.54, 1.807) is 14.2 Å². The molecule has 1 atom stereocenters. The van der Waals surface area contributed by atoms with Crippen LogP contribution in [0.4, 0.5) is 0 Å². The number of hydrogen-bond acceptors (Lipinski definition) is 2. The number of alkyl halides is 1. The van der Waals surface area contributed by atoms with Gasteiger partial charge in [-0.2, -0.15) is 0 Å². The van der Waals surface area contributed by atoms with Crippen molar-refractivity contribution in [3.8, 4) is 11.5 Å². The summed E-state index contributed by atoms with van der Waals surface area (Å²) in [4.78, 5) is 0. The minimum atomic E-state index is -0.279. The monoisotopic (exact) mass is 340 g/mol. The summed E-state index contributed by atoms with van der Waals surface area (Å²) in [5.74, 6) is 1.47. The SMILES string of the molecule is COc1cc(C(Cl)c2ccccc2)c(OC)cc1Br. The van der Waals surface area contributed by atoms with E-state index in [1.807, 2.05) is 42.5 Å². The molecule has 0 heterocycles. The Labute approximate surface area is 126 Å². The van der Waals surface area contributed by atoms with E-state index in [9.17, 15) is 0 Å². The molecule has 0 amide bonds. The molecule has 2 rings (SSSR count). The van der Waals surface area contributed by atoms with Gasteiger partial charge in [0.15, 0.2) is 0 Å². The summed E-state index contributed by atoms with van der Waals surface area (Å²) in [7, 11) is 3.26. The van der Waals surface area contributed by atoms with Gasteiger partial charge in [-0.15, -0.1) is 11.6 Å². The van der Waals surface area contributed by atoms with Gasteiger partial charge < -0.3 is 9.47 Å². The molecular formula is C15H14BrClO2. The average Bonchev–Trinajstić information content (AvgIpc) is 2.47. The van der Waals surface area contributed by atoms with Crippen molar-refractivity contribution in [2.45, 2.75) is 5.38 Å². The highest BCUT2D eigenvalue weighted by molar-refractivity contribution is 9.10. The predicted octanol–water partition coefficient (Wildman–Crippen LogP) is 4.79. The van der Waals surface area contributed by atoms with Crippen LogP contribution in [-0.2, 0) is 0 Å². The lowest BCUT2D eigenvalue weighted by Gasteiger charge is -2.16. The van der Waals surface area contributed by atoms with Gasteiger partial charge in [0.25, 0.3) is 0 Å². The lowest BCUT2D eigenvalue weighted by Crippen LogP contribution is -1.99. The van der Waals surface area contributed by atoms with Crippen LogP contribution in [0.5, 0.6) is 11.5 Å². The van der Waals surface area contributed by atoms with Crippen molar-refractivity contribution in [2.24, 2.45) is 0 Å². The summed E-state index contributed by atoms with van der Waals surface area (Å²) in [6.07, 6.45) is 0. The summed E-state index contributed by atoms with van der Waals surface area (Å²) in [5.41, 5.74) is 1.90. The maximum absolute atomic E-state index is 6.55. The Bertz CT molecular complexity index is 558. The highest BCUT2D eigenvalue weighted by Gasteiger charge is 2.18. The largest absolute Gasteiger partial charge is 0.496 e. The highest BCUT2D eigenvalue weighted by Crippen LogP contribution is 2.40. The van der Waals surface area contributed by atoms with Gasteiger partial charge in [-0.25, -0.2) is 0 Å². The molecule has 0 aliphatic carbocycles. The Morgan fingerprint density at radius 2 is 1.63 bits per heavy atom. The first kappa shape index (κ1) is 14.2. The van der Waals surface area contributed by atoms with E-state index in [0.29, 0.717) is 0 Å². The molecule has 0 saturated heterocycles. The second-order valence-electron chi connectivity index (χ2n) is 4.00. The van der Waals surface area contributed by atoms with E-state index in [-0.39, 0.29) is 5.38 Å². The third-order valence-corrected chi connectivity index (χ3v) is 3.98. The van der Waals surface area contributed by atoms with Crippen LogP contribution in [0, 0.1) is 0 Å². The number of halogens is 2. The van der Waals surface area contributed by atoms with Crippen molar-refractivity contribution in [1.82, 2.24) is 0 Å². The molecule has 19 heavy (non-hydrogen) atoms. The first-order valence-corrected chi connectivity index (χ1v) is 7.00. The molecule has 2 aromatic carbocycles. The number of hydrogen-bond donors (Lipinski definition) is 0. The van der Waals surface area contributed by atoms with Gasteiger partial charge in [-0.1, -0.05) is 30.3 Å². The molecule has 0 N–H and O–H groups in total. The van der Waals surface area contributed by atoms with E-state index >= 15 is 0 Å². The maximum atomic E-state index is 6.55. The molecule has 1 unspecified atom stereocenters. The van der Waals surface area contributed by atoms with E-state index in [4.69, 9.17) is 21.1 Å². The minimum Gasteiger partial charge on any atom is -0.496 e. The number of benzene rings is 2. The molecule has 0 bridgehead atoms. The van der Waals surface area contributed by atoms with Crippen LogP contribution in [0.1, 0.15) is 16.5 Å². The maximum Gasteiger partial charge on any atom is 0.133 e. The molecule has 0 saturated carbocycles. The van der Waals surface area contributed by atoms with Crippen LogP contribution in [0.25, 0.3) is 0 Å². The fourth-order valence-corrected chi connectivity index (χ4v) is 2.68. The highest BCUT2D eigenvalue weighted by atomic mass is 79.9. The zero-order valence-corrected chi connectivity index (χ0v) is 13.0. The van der Waals surface area contributed by atoms with E-state index in [0.717, 1.165) is 27.1 Å². The first-order chi connectivity index (χ1) is 9.17. The van der Waals surface area contributed by atoms with Gasteiger partial charge in [0.1, 0.15) is 11.5 Å². The van der Waals surface area contributed by atoms with Crippen LogP contribution in [0.3, 0.4) is 0 Å². The van der Waals surface area contributed by atoms with E-state index in [2.05, 4.69) is 15.9 Å². The van der Waals surface area contributed by atoms with Crippen molar-refractivity contribution in [1.29, 1.82) is 0 Å². The van der Waals surface area contributed by atoms with Crippen LogP contribution < -0.4 is 9.47 Å². The van der Waals surface area contributed by atoms with Crippen molar-refractivity contribution in [2.75, 3.05) is 14.2 Å². The Morgan fingerprint density at radius 3 is 2.21 bits per heavy atom. The molecule has 0 aromatic heterocycles. The Kier molecular flexibility index (Phi) is 4.72. The predicted molar refractivity (Wildman–Crippen MR) is 81.4 cm³/mol. The number of ether oxygens (including phenoxy) is 2. The molecule has 0 radical (unpaired) electrons. The zero-order chi connectivity index (χ0) is 13.8. The molecule has 0 aliphatic rings. The van der Waals surface area contributed by atoms with Crippen LogP contribution >= 0.6 is 27.5 Å². The summed E-state index contributed by atoms with van der Waals surface area (Å²) in [6.45, 7) is 0. The Balaban J connectivity index is 2.48. The van der Waals surface area contributed by atoms with Crippen LogP contribution in [-0.4, -0.2) is 14.2 Å². The second-order valence-corrected chi connectivity index (χ2v) is 5.29. The molecule has 0 spiro atoms. The summed E-state index contributed by atoms with van der Waals surface area (Å²) in [5, 5.41) is -0.279. The number of methoxy groups -OCH3 is 2. The number of rotatable bonds is 4. The van der Waals surface area contributed by atoms with Gasteiger partial charge in [0.05, 0.1) is 24.1 Å². The lowest BCUT2D eigenvalue weighted by molar-refractivity contribution is 0.397. The third-order valence-electron chi connectivity index (χ3n) is 2.87. The van der Waals surface area contributed by atoms with Crippen LogP contribution in [0.2, 0.25) is 0 Å².